The number of hydrogen-bond acceptors (Lipinski definition) is 6. The summed E-state index contributed by atoms with van der Waals surface area (Å²) in [6, 6.07) is 14.9. The molecule has 0 saturated heterocycles. The van der Waals surface area contributed by atoms with Crippen molar-refractivity contribution in [3.63, 3.8) is 0 Å². The van der Waals surface area contributed by atoms with Gasteiger partial charge >= 0.3 is 0 Å². The highest BCUT2D eigenvalue weighted by molar-refractivity contribution is 5.76. The van der Waals surface area contributed by atoms with Crippen molar-refractivity contribution in [3.8, 4) is 5.75 Å². The summed E-state index contributed by atoms with van der Waals surface area (Å²) in [6.07, 6.45) is 2.51. The molecule has 1 amide bonds. The number of aromatic nitrogens is 2. The minimum absolute atomic E-state index is 0.0459. The fourth-order valence-electron chi connectivity index (χ4n) is 4.17. The molecule has 2 heterocycles. The first-order valence-electron chi connectivity index (χ1n) is 12.5. The summed E-state index contributed by atoms with van der Waals surface area (Å²) in [5.41, 5.74) is 4.77. The Hall–Kier alpha value is -3.19. The molecule has 2 aromatic carbocycles. The molecule has 7 nitrogen and oxygen atoms in total. The van der Waals surface area contributed by atoms with Gasteiger partial charge in [-0.3, -0.25) is 4.79 Å². The maximum absolute atomic E-state index is 13.1. The lowest BCUT2D eigenvalue weighted by Crippen LogP contribution is -2.34. The lowest BCUT2D eigenvalue weighted by Gasteiger charge is -2.23. The van der Waals surface area contributed by atoms with Gasteiger partial charge in [-0.15, -0.1) is 0 Å². The summed E-state index contributed by atoms with van der Waals surface area (Å²) >= 11 is 0. The topological polar surface area (TPSA) is 77.7 Å². The molecule has 7 heteroatoms. The summed E-state index contributed by atoms with van der Waals surface area (Å²) in [6.45, 7) is 8.64. The highest BCUT2D eigenvalue weighted by Crippen LogP contribution is 2.25. The van der Waals surface area contributed by atoms with E-state index in [4.69, 9.17) is 14.0 Å². The second-order valence-corrected chi connectivity index (χ2v) is 9.27. The molecular weight excluding hydrogens is 442 g/mol. The highest BCUT2D eigenvalue weighted by atomic mass is 16.5. The molecule has 0 atom stereocenters. The van der Waals surface area contributed by atoms with Crippen molar-refractivity contribution in [1.82, 2.24) is 15.0 Å². The maximum Gasteiger partial charge on any atom is 0.227 e. The van der Waals surface area contributed by atoms with Gasteiger partial charge in [-0.25, -0.2) is 0 Å². The molecule has 0 spiro atoms. The summed E-state index contributed by atoms with van der Waals surface area (Å²) in [5, 5.41) is 3.99. The zero-order valence-corrected chi connectivity index (χ0v) is 21.0. The van der Waals surface area contributed by atoms with E-state index in [-0.39, 0.29) is 11.8 Å². The molecular formula is C28H35N3O4. The molecule has 186 valence electrons. The quantitative estimate of drug-likeness (QED) is 0.529. The van der Waals surface area contributed by atoms with Gasteiger partial charge in [0.25, 0.3) is 0 Å². The third kappa shape index (κ3) is 6.92. The Labute approximate surface area is 207 Å². The molecule has 3 aromatic rings. The van der Waals surface area contributed by atoms with E-state index in [2.05, 4.69) is 59.5 Å². The molecule has 4 rings (SSSR count). The van der Waals surface area contributed by atoms with Crippen LogP contribution in [0.4, 0.5) is 0 Å². The number of ether oxygens (including phenoxy) is 2. The van der Waals surface area contributed by atoms with E-state index in [0.717, 1.165) is 24.2 Å². The Balaban J connectivity index is 1.49. The normalized spacial score (nSPS) is 14.8. The Morgan fingerprint density at radius 2 is 1.94 bits per heavy atom. The zero-order valence-electron chi connectivity index (χ0n) is 21.0. The largest absolute Gasteiger partial charge is 0.491 e. The number of carbonyl (C=O) groups is 1. The molecule has 0 radical (unpaired) electrons. The van der Waals surface area contributed by atoms with Crippen LogP contribution in [-0.2, 0) is 35.3 Å². The Morgan fingerprint density at radius 3 is 2.74 bits per heavy atom. The molecule has 0 aliphatic carbocycles. The molecule has 0 N–H and O–H groups in total. The maximum atomic E-state index is 13.1. The number of nitrogens with zero attached hydrogens (tertiary/aromatic N) is 3. The van der Waals surface area contributed by atoms with Gasteiger partial charge < -0.3 is 18.9 Å². The van der Waals surface area contributed by atoms with Gasteiger partial charge in [0.05, 0.1) is 13.2 Å². The average molecular weight is 478 g/mol. The number of aryl methyl sites for hydroxylation is 2. The fourth-order valence-corrected chi connectivity index (χ4v) is 4.17. The summed E-state index contributed by atoms with van der Waals surface area (Å²) in [4.78, 5) is 19.4. The first-order valence-corrected chi connectivity index (χ1v) is 12.5. The number of fused-ring (bicyclic) bond motifs is 3. The first-order chi connectivity index (χ1) is 17.0. The molecule has 1 aromatic heterocycles. The molecule has 0 saturated carbocycles. The number of benzene rings is 2. The zero-order chi connectivity index (χ0) is 24.6. The van der Waals surface area contributed by atoms with E-state index >= 15 is 0 Å². The SMILES string of the molecule is CCc1ccc2c(c1)Cc1cccc(c1)CN(C(=O)CCc1nc(C(C)C)no1)CCOCCO2. The molecule has 0 fully saturated rings. The van der Waals surface area contributed by atoms with E-state index in [0.29, 0.717) is 57.5 Å². The van der Waals surface area contributed by atoms with Crippen molar-refractivity contribution in [2.24, 2.45) is 0 Å². The van der Waals surface area contributed by atoms with E-state index in [1.807, 2.05) is 18.7 Å². The Morgan fingerprint density at radius 1 is 1.09 bits per heavy atom. The smallest absolute Gasteiger partial charge is 0.227 e. The molecule has 1 aliphatic heterocycles. The number of rotatable bonds is 5. The molecule has 1 aliphatic rings. The predicted molar refractivity (Wildman–Crippen MR) is 134 cm³/mol. The van der Waals surface area contributed by atoms with Crippen molar-refractivity contribution >= 4 is 5.91 Å². The van der Waals surface area contributed by atoms with Crippen molar-refractivity contribution in [3.05, 3.63) is 76.4 Å². The number of amides is 1. The number of carbonyl (C=O) groups excluding carboxylic acids is 1. The van der Waals surface area contributed by atoms with Gasteiger partial charge in [0.15, 0.2) is 5.82 Å². The lowest BCUT2D eigenvalue weighted by atomic mass is 9.99. The average Bonchev–Trinajstić information content (AvgIpc) is 3.34. The summed E-state index contributed by atoms with van der Waals surface area (Å²) < 4.78 is 17.2. The van der Waals surface area contributed by atoms with Crippen LogP contribution in [0.25, 0.3) is 0 Å². The molecule has 0 unspecified atom stereocenters. The van der Waals surface area contributed by atoms with Crippen LogP contribution in [0.5, 0.6) is 5.75 Å². The van der Waals surface area contributed by atoms with Gasteiger partial charge in [-0.2, -0.15) is 4.98 Å². The summed E-state index contributed by atoms with van der Waals surface area (Å²) in [5.74, 6) is 2.33. The minimum atomic E-state index is 0.0459. The second-order valence-electron chi connectivity index (χ2n) is 9.27. The van der Waals surface area contributed by atoms with E-state index in [1.54, 1.807) is 0 Å². The van der Waals surface area contributed by atoms with Crippen molar-refractivity contribution in [2.45, 2.75) is 58.9 Å². The minimum Gasteiger partial charge on any atom is -0.491 e. The van der Waals surface area contributed by atoms with Gasteiger partial charge in [0.2, 0.25) is 11.8 Å². The fraction of sp³-hybridized carbons (Fsp3) is 0.464. The third-order valence-electron chi connectivity index (χ3n) is 6.19. The Bertz CT molecular complexity index is 1120. The van der Waals surface area contributed by atoms with Gasteiger partial charge in [-0.1, -0.05) is 62.3 Å². The van der Waals surface area contributed by atoms with Crippen LogP contribution in [0.3, 0.4) is 0 Å². The third-order valence-corrected chi connectivity index (χ3v) is 6.19. The van der Waals surface area contributed by atoms with Crippen LogP contribution in [0, 0.1) is 0 Å². The molecule has 35 heavy (non-hydrogen) atoms. The van der Waals surface area contributed by atoms with Crippen molar-refractivity contribution in [1.29, 1.82) is 0 Å². The number of hydrogen-bond donors (Lipinski definition) is 0. The van der Waals surface area contributed by atoms with Crippen LogP contribution in [0.2, 0.25) is 0 Å². The van der Waals surface area contributed by atoms with Gasteiger partial charge in [0.1, 0.15) is 12.4 Å². The second kappa shape index (κ2) is 12.0. The van der Waals surface area contributed by atoms with Crippen LogP contribution in [-0.4, -0.2) is 47.3 Å². The summed E-state index contributed by atoms with van der Waals surface area (Å²) in [7, 11) is 0. The lowest BCUT2D eigenvalue weighted by molar-refractivity contribution is -0.132. The van der Waals surface area contributed by atoms with Crippen LogP contribution >= 0.6 is 0 Å². The van der Waals surface area contributed by atoms with Crippen molar-refractivity contribution in [2.75, 3.05) is 26.4 Å². The predicted octanol–water partition coefficient (Wildman–Crippen LogP) is 4.72. The highest BCUT2D eigenvalue weighted by Gasteiger charge is 2.18. The van der Waals surface area contributed by atoms with E-state index in [9.17, 15) is 4.79 Å². The Kier molecular flexibility index (Phi) is 8.53. The van der Waals surface area contributed by atoms with Gasteiger partial charge in [-0.05, 0) is 34.7 Å². The monoisotopic (exact) mass is 477 g/mol. The van der Waals surface area contributed by atoms with E-state index in [1.165, 1.54) is 16.7 Å². The standard InChI is InChI=1S/C28H35N3O4/c1-4-21-8-9-25-24(17-21)18-22-6-5-7-23(16-22)19-31(12-13-33-14-15-34-25)27(32)11-10-26-29-28(20(2)3)30-35-26/h5-9,16-17,20H,4,10-15,18-19H2,1-3H3. The van der Waals surface area contributed by atoms with Crippen LogP contribution in [0.15, 0.2) is 47.0 Å². The first kappa shape index (κ1) is 24.9. The van der Waals surface area contributed by atoms with Crippen LogP contribution < -0.4 is 4.74 Å². The molecule has 2 bridgehead atoms. The van der Waals surface area contributed by atoms with Crippen molar-refractivity contribution < 1.29 is 18.8 Å². The van der Waals surface area contributed by atoms with E-state index < -0.39 is 0 Å². The van der Waals surface area contributed by atoms with Gasteiger partial charge in [0, 0.05) is 38.3 Å². The van der Waals surface area contributed by atoms with Crippen LogP contribution in [0.1, 0.15) is 67.1 Å².